The van der Waals surface area contributed by atoms with Crippen molar-refractivity contribution in [2.75, 3.05) is 42.5 Å². The van der Waals surface area contributed by atoms with Gasteiger partial charge in [-0.2, -0.15) is 4.37 Å². The highest BCUT2D eigenvalue weighted by atomic mass is 35.5. The Morgan fingerprint density at radius 2 is 1.49 bits per heavy atom. The molecule has 0 bridgehead atoms. The van der Waals surface area contributed by atoms with Gasteiger partial charge in [-0.05, 0) is 85.2 Å². The van der Waals surface area contributed by atoms with E-state index in [0.717, 1.165) is 75.6 Å². The fourth-order valence-corrected chi connectivity index (χ4v) is 6.53. The first kappa shape index (κ1) is 30.5. The number of benzene rings is 3. The Hall–Kier alpha value is -3.99. The number of anilines is 3. The van der Waals surface area contributed by atoms with Crippen LogP contribution in [-0.4, -0.2) is 70.1 Å². The van der Waals surface area contributed by atoms with E-state index in [1.165, 1.54) is 21.2 Å². The number of unbranched alkanes of at least 4 members (excludes halogenated alkanes) is 1. The van der Waals surface area contributed by atoms with E-state index in [4.69, 9.17) is 35.8 Å². The van der Waals surface area contributed by atoms with Crippen molar-refractivity contribution >= 4 is 68.3 Å². The average Bonchev–Trinajstić information content (AvgIpc) is 3.37. The molecule has 0 spiro atoms. The molecule has 1 amide bonds. The summed E-state index contributed by atoms with van der Waals surface area (Å²) in [6.45, 7) is 5.08. The maximum Gasteiger partial charge on any atom is 0.414 e. The Morgan fingerprint density at radius 3 is 2.23 bits per heavy atom. The van der Waals surface area contributed by atoms with Gasteiger partial charge in [0.15, 0.2) is 0 Å². The normalized spacial score (nSPS) is 14.7. The molecule has 0 saturated carbocycles. The molecule has 2 N–H and O–H groups in total. The lowest BCUT2D eigenvalue weighted by Gasteiger charge is -2.35. The molecule has 2 aliphatic rings. The van der Waals surface area contributed by atoms with Crippen molar-refractivity contribution < 1.29 is 24.6 Å². The van der Waals surface area contributed by atoms with Crippen LogP contribution >= 0.6 is 23.1 Å². The lowest BCUT2D eigenvalue weighted by Crippen LogP contribution is -2.46. The van der Waals surface area contributed by atoms with Gasteiger partial charge < -0.3 is 15.1 Å². The van der Waals surface area contributed by atoms with E-state index < -0.39 is 11.9 Å². The van der Waals surface area contributed by atoms with Gasteiger partial charge in [0.05, 0.1) is 16.1 Å². The Morgan fingerprint density at radius 1 is 0.814 bits per heavy atom. The molecule has 0 radical (unpaired) electrons. The summed E-state index contributed by atoms with van der Waals surface area (Å²) in [5.74, 6) is -2.37. The van der Waals surface area contributed by atoms with Gasteiger partial charge in [-0.3, -0.25) is 14.6 Å². The van der Waals surface area contributed by atoms with E-state index in [1.807, 2.05) is 23.1 Å². The summed E-state index contributed by atoms with van der Waals surface area (Å²) in [7, 11) is 0. The summed E-state index contributed by atoms with van der Waals surface area (Å²) in [6.07, 6.45) is 4.27. The number of amides is 1. The number of carbonyl (C=O) groups excluding carboxylic acids is 1. The van der Waals surface area contributed by atoms with Gasteiger partial charge in [0.2, 0.25) is 5.91 Å². The monoisotopic (exact) mass is 620 g/mol. The molecule has 2 aliphatic heterocycles. The van der Waals surface area contributed by atoms with Crippen LogP contribution in [0, 0.1) is 0 Å². The third kappa shape index (κ3) is 7.33. The fraction of sp³-hybridized carbons (Fsp3) is 0.312. The number of hydrogen-bond donors (Lipinski definition) is 2. The number of carboxylic acids is 2. The first-order valence-corrected chi connectivity index (χ1v) is 15.4. The summed E-state index contributed by atoms with van der Waals surface area (Å²) in [4.78, 5) is 38.6. The molecule has 1 fully saturated rings. The second-order valence-corrected chi connectivity index (χ2v) is 11.8. The number of rotatable bonds is 6. The largest absolute Gasteiger partial charge is 0.473 e. The molecule has 4 aromatic rings. The van der Waals surface area contributed by atoms with E-state index in [-0.39, 0.29) is 5.91 Å². The van der Waals surface area contributed by atoms with Gasteiger partial charge in [0.1, 0.15) is 5.82 Å². The predicted molar refractivity (Wildman–Crippen MR) is 170 cm³/mol. The summed E-state index contributed by atoms with van der Waals surface area (Å²) in [5, 5.41) is 16.7. The van der Waals surface area contributed by atoms with Crippen molar-refractivity contribution in [1.82, 2.24) is 9.27 Å². The molecule has 11 heteroatoms. The quantitative estimate of drug-likeness (QED) is 0.203. The van der Waals surface area contributed by atoms with Crippen molar-refractivity contribution in [3.63, 3.8) is 0 Å². The molecule has 1 aromatic heterocycles. The Bertz CT molecular complexity index is 1610. The number of para-hydroxylation sites is 1. The molecule has 9 nitrogen and oxygen atoms in total. The van der Waals surface area contributed by atoms with Crippen LogP contribution in [0.5, 0.6) is 0 Å². The van der Waals surface area contributed by atoms with Crippen molar-refractivity contribution in [3.05, 3.63) is 82.9 Å². The predicted octanol–water partition coefficient (Wildman–Crippen LogP) is 5.86. The van der Waals surface area contributed by atoms with Crippen LogP contribution in [0.3, 0.4) is 0 Å². The molecule has 3 heterocycles. The minimum atomic E-state index is -1.82. The molecular formula is C32H33ClN4O5S. The van der Waals surface area contributed by atoms with Crippen molar-refractivity contribution in [3.8, 4) is 0 Å². The van der Waals surface area contributed by atoms with E-state index in [0.29, 0.717) is 11.4 Å². The zero-order valence-corrected chi connectivity index (χ0v) is 25.2. The molecule has 1 saturated heterocycles. The van der Waals surface area contributed by atoms with Crippen LogP contribution in [0.15, 0.2) is 66.7 Å². The second-order valence-electron chi connectivity index (χ2n) is 10.5. The number of fused-ring (bicyclic) bond motifs is 3. The molecule has 6 rings (SSSR count). The van der Waals surface area contributed by atoms with E-state index in [2.05, 4.69) is 58.3 Å². The van der Waals surface area contributed by atoms with E-state index >= 15 is 0 Å². The highest BCUT2D eigenvalue weighted by molar-refractivity contribution is 7.13. The first-order chi connectivity index (χ1) is 20.8. The lowest BCUT2D eigenvalue weighted by molar-refractivity contribution is -0.159. The van der Waals surface area contributed by atoms with Crippen LogP contribution < -0.4 is 9.80 Å². The minimum absolute atomic E-state index is 0.151. The molecule has 0 unspecified atom stereocenters. The highest BCUT2D eigenvalue weighted by Gasteiger charge is 2.26. The smallest absolute Gasteiger partial charge is 0.414 e. The third-order valence-electron chi connectivity index (χ3n) is 7.76. The van der Waals surface area contributed by atoms with E-state index in [1.54, 1.807) is 11.5 Å². The number of carboxylic acid groups (broad SMARTS) is 2. The number of carbonyl (C=O) groups is 3. The molecular weight excluding hydrogens is 588 g/mol. The number of hydrogen-bond acceptors (Lipinski definition) is 7. The number of piperazine rings is 1. The van der Waals surface area contributed by atoms with Crippen molar-refractivity contribution in [2.45, 2.75) is 32.1 Å². The van der Waals surface area contributed by atoms with Gasteiger partial charge >= 0.3 is 11.9 Å². The highest BCUT2D eigenvalue weighted by Crippen LogP contribution is 2.38. The zero-order valence-electron chi connectivity index (χ0n) is 23.6. The summed E-state index contributed by atoms with van der Waals surface area (Å²) < 4.78 is 5.98. The first-order valence-electron chi connectivity index (χ1n) is 14.3. The standard InChI is InChI=1S/C30H31ClN4OS.C2H2O4/c31-24-15-14-23-13-12-22-7-1-3-9-26(22)35(27(23)21-24)29(36)11-5-6-16-33-17-19-34(20-18-33)30-25-8-2-4-10-28(25)37-32-30;3-1(4)2(5)6/h1-4,7-10,14-15,21H,5-6,11-13,16-20H2;(H,3,4)(H,5,6). The average molecular weight is 621 g/mol. The van der Waals surface area contributed by atoms with Gasteiger partial charge in [0, 0.05) is 43.0 Å². The topological polar surface area (TPSA) is 114 Å². The Labute approximate surface area is 259 Å². The number of halogens is 1. The maximum atomic E-state index is 13.6. The van der Waals surface area contributed by atoms with Gasteiger partial charge in [-0.25, -0.2) is 9.59 Å². The SMILES string of the molecule is O=C(CCCCN1CCN(c2nsc3ccccc23)CC1)N1c2ccccc2CCc2ccc(Cl)cc21.O=C(O)C(=O)O. The minimum Gasteiger partial charge on any atom is -0.473 e. The summed E-state index contributed by atoms with van der Waals surface area (Å²) in [6, 6.07) is 22.7. The molecule has 0 atom stereocenters. The van der Waals surface area contributed by atoms with Crippen LogP contribution in [0.2, 0.25) is 5.02 Å². The fourth-order valence-electron chi connectivity index (χ4n) is 5.57. The molecule has 3 aromatic carbocycles. The molecule has 0 aliphatic carbocycles. The van der Waals surface area contributed by atoms with Crippen molar-refractivity contribution in [2.24, 2.45) is 0 Å². The maximum absolute atomic E-state index is 13.6. The third-order valence-corrected chi connectivity index (χ3v) is 8.81. The number of aliphatic carboxylic acids is 2. The van der Waals surface area contributed by atoms with Crippen LogP contribution in [0.1, 0.15) is 30.4 Å². The summed E-state index contributed by atoms with van der Waals surface area (Å²) >= 11 is 7.95. The summed E-state index contributed by atoms with van der Waals surface area (Å²) in [5.41, 5.74) is 4.33. The van der Waals surface area contributed by atoms with E-state index in [9.17, 15) is 4.79 Å². The number of aryl methyl sites for hydroxylation is 2. The zero-order chi connectivity index (χ0) is 30.3. The van der Waals surface area contributed by atoms with Crippen LogP contribution in [0.25, 0.3) is 10.1 Å². The lowest BCUT2D eigenvalue weighted by atomic mass is 10.0. The Kier molecular flexibility index (Phi) is 9.91. The Balaban J connectivity index is 0.000000559. The number of nitrogens with zero attached hydrogens (tertiary/aromatic N) is 4. The van der Waals surface area contributed by atoms with Crippen molar-refractivity contribution in [1.29, 1.82) is 0 Å². The second kappa shape index (κ2) is 14.0. The van der Waals surface area contributed by atoms with Gasteiger partial charge in [-0.15, -0.1) is 0 Å². The van der Waals surface area contributed by atoms with Crippen LogP contribution in [0.4, 0.5) is 17.2 Å². The molecule has 224 valence electrons. The molecule has 43 heavy (non-hydrogen) atoms. The number of aromatic nitrogens is 1. The van der Waals surface area contributed by atoms with Gasteiger partial charge in [0.25, 0.3) is 0 Å². The van der Waals surface area contributed by atoms with Crippen LogP contribution in [-0.2, 0) is 27.2 Å². The van der Waals surface area contributed by atoms with Gasteiger partial charge in [-0.1, -0.05) is 48.0 Å².